The molecule has 2 saturated heterocycles. The number of hydrogen-bond donors (Lipinski definition) is 2. The monoisotopic (exact) mass is 324 g/mol. The summed E-state index contributed by atoms with van der Waals surface area (Å²) < 4.78 is 11.4. The molecule has 128 valence electrons. The van der Waals surface area contributed by atoms with Gasteiger partial charge < -0.3 is 14.6 Å². The van der Waals surface area contributed by atoms with Crippen molar-refractivity contribution in [1.29, 1.82) is 0 Å². The summed E-state index contributed by atoms with van der Waals surface area (Å²) in [5.74, 6) is -0.964. The minimum atomic E-state index is -0.964. The predicted molar refractivity (Wildman–Crippen MR) is 82.4 cm³/mol. The number of aromatic amines is 1. The van der Waals surface area contributed by atoms with E-state index in [0.29, 0.717) is 6.54 Å². The topological polar surface area (TPSA) is 90.9 Å². The smallest absolute Gasteiger partial charge is 0.354 e. The molecule has 8 heteroatoms. The first kappa shape index (κ1) is 16.4. The highest BCUT2D eigenvalue weighted by atomic mass is 16.5. The summed E-state index contributed by atoms with van der Waals surface area (Å²) in [5.41, 5.74) is 0.907. The van der Waals surface area contributed by atoms with E-state index >= 15 is 0 Å². The molecule has 0 unspecified atom stereocenters. The van der Waals surface area contributed by atoms with Crippen molar-refractivity contribution >= 4 is 5.97 Å². The lowest BCUT2D eigenvalue weighted by Crippen LogP contribution is -2.44. The number of carboxylic acid groups (broad SMARTS) is 1. The molecule has 1 atom stereocenters. The first-order valence-electron chi connectivity index (χ1n) is 8.12. The fourth-order valence-electron chi connectivity index (χ4n) is 3.15. The van der Waals surface area contributed by atoms with Gasteiger partial charge in [0.15, 0.2) is 0 Å². The van der Waals surface area contributed by atoms with Gasteiger partial charge in [-0.05, 0) is 6.42 Å². The average molecular weight is 324 g/mol. The lowest BCUT2D eigenvalue weighted by Gasteiger charge is -2.31. The number of nitrogens with zero attached hydrogens (tertiary/aromatic N) is 3. The van der Waals surface area contributed by atoms with Crippen molar-refractivity contribution in [1.82, 2.24) is 20.0 Å². The quantitative estimate of drug-likeness (QED) is 0.789. The van der Waals surface area contributed by atoms with Crippen LogP contribution in [0.5, 0.6) is 0 Å². The Labute approximate surface area is 135 Å². The van der Waals surface area contributed by atoms with Gasteiger partial charge >= 0.3 is 5.97 Å². The van der Waals surface area contributed by atoms with Crippen LogP contribution >= 0.6 is 0 Å². The van der Waals surface area contributed by atoms with Gasteiger partial charge in [-0.15, -0.1) is 0 Å². The second-order valence-corrected chi connectivity index (χ2v) is 6.07. The van der Waals surface area contributed by atoms with Crippen molar-refractivity contribution in [3.05, 3.63) is 17.5 Å². The van der Waals surface area contributed by atoms with Gasteiger partial charge in [-0.25, -0.2) is 4.79 Å². The average Bonchev–Trinajstić information content (AvgIpc) is 2.89. The molecular weight excluding hydrogens is 300 g/mol. The van der Waals surface area contributed by atoms with Gasteiger partial charge in [-0.1, -0.05) is 0 Å². The van der Waals surface area contributed by atoms with E-state index in [-0.39, 0.29) is 11.8 Å². The third-order valence-electron chi connectivity index (χ3n) is 4.33. The van der Waals surface area contributed by atoms with Gasteiger partial charge in [0.1, 0.15) is 5.69 Å². The minimum absolute atomic E-state index is 0.149. The molecule has 2 aliphatic heterocycles. The highest BCUT2D eigenvalue weighted by Gasteiger charge is 2.24. The maximum atomic E-state index is 11.2. The van der Waals surface area contributed by atoms with Crippen LogP contribution in [0.2, 0.25) is 0 Å². The number of morpholine rings is 1. The summed E-state index contributed by atoms with van der Waals surface area (Å²) in [6.45, 7) is 7.42. The molecule has 3 heterocycles. The Hall–Kier alpha value is -1.48. The summed E-state index contributed by atoms with van der Waals surface area (Å²) in [5, 5.41) is 15.6. The molecule has 1 aromatic heterocycles. The Bertz CT molecular complexity index is 515. The van der Waals surface area contributed by atoms with E-state index in [4.69, 9.17) is 9.47 Å². The zero-order valence-corrected chi connectivity index (χ0v) is 13.2. The first-order valence-corrected chi connectivity index (χ1v) is 8.12. The van der Waals surface area contributed by atoms with Crippen molar-refractivity contribution < 1.29 is 19.4 Å². The fraction of sp³-hybridized carbons (Fsp3) is 0.733. The normalized spacial score (nSPS) is 24.4. The van der Waals surface area contributed by atoms with Crippen molar-refractivity contribution in [2.24, 2.45) is 0 Å². The van der Waals surface area contributed by atoms with Crippen molar-refractivity contribution in [2.45, 2.75) is 19.1 Å². The van der Waals surface area contributed by atoms with E-state index < -0.39 is 5.97 Å². The second-order valence-electron chi connectivity index (χ2n) is 6.07. The Morgan fingerprint density at radius 2 is 2.13 bits per heavy atom. The van der Waals surface area contributed by atoms with E-state index in [1.54, 1.807) is 6.20 Å². The maximum Gasteiger partial charge on any atom is 0.354 e. The maximum absolute atomic E-state index is 11.2. The SMILES string of the molecule is O=C(O)c1[nH]ncc1CN1CCCO[C@H](CN2CCOCC2)C1. The van der Waals surface area contributed by atoms with Crippen LogP contribution in [0.4, 0.5) is 0 Å². The summed E-state index contributed by atoms with van der Waals surface area (Å²) in [4.78, 5) is 15.8. The molecule has 0 spiro atoms. The molecule has 8 nitrogen and oxygen atoms in total. The van der Waals surface area contributed by atoms with Crippen LogP contribution in [0.1, 0.15) is 22.5 Å². The van der Waals surface area contributed by atoms with Crippen molar-refractivity contribution in [2.75, 3.05) is 52.5 Å². The van der Waals surface area contributed by atoms with Crippen LogP contribution in [0.25, 0.3) is 0 Å². The number of H-pyrrole nitrogens is 1. The van der Waals surface area contributed by atoms with E-state index in [2.05, 4.69) is 20.0 Å². The lowest BCUT2D eigenvalue weighted by molar-refractivity contribution is -0.0123. The number of carboxylic acids is 1. The number of aromatic carboxylic acids is 1. The van der Waals surface area contributed by atoms with Crippen molar-refractivity contribution in [3.63, 3.8) is 0 Å². The second kappa shape index (κ2) is 7.87. The lowest BCUT2D eigenvalue weighted by atomic mass is 10.2. The number of carbonyl (C=O) groups is 1. The van der Waals surface area contributed by atoms with Crippen LogP contribution in [0.15, 0.2) is 6.20 Å². The molecule has 0 bridgehead atoms. The number of aromatic nitrogens is 2. The summed E-state index contributed by atoms with van der Waals surface area (Å²) >= 11 is 0. The van der Waals surface area contributed by atoms with Gasteiger partial charge in [0.25, 0.3) is 0 Å². The number of hydrogen-bond acceptors (Lipinski definition) is 6. The van der Waals surface area contributed by atoms with E-state index in [1.807, 2.05) is 0 Å². The molecule has 2 aliphatic rings. The Morgan fingerprint density at radius 3 is 2.91 bits per heavy atom. The Morgan fingerprint density at radius 1 is 1.30 bits per heavy atom. The largest absolute Gasteiger partial charge is 0.477 e. The van der Waals surface area contributed by atoms with Gasteiger partial charge in [-0.2, -0.15) is 5.10 Å². The predicted octanol–water partition coefficient (Wildman–Crippen LogP) is 0.0310. The molecule has 3 rings (SSSR count). The van der Waals surface area contributed by atoms with Crippen molar-refractivity contribution in [3.8, 4) is 0 Å². The van der Waals surface area contributed by atoms with Gasteiger partial charge in [0.05, 0.1) is 25.5 Å². The van der Waals surface area contributed by atoms with Crippen LogP contribution < -0.4 is 0 Å². The van der Waals surface area contributed by atoms with Gasteiger partial charge in [0.2, 0.25) is 0 Å². The first-order chi connectivity index (χ1) is 11.2. The molecule has 2 N–H and O–H groups in total. The van der Waals surface area contributed by atoms with E-state index in [9.17, 15) is 9.90 Å². The molecule has 0 radical (unpaired) electrons. The van der Waals surface area contributed by atoms with Crippen LogP contribution in [0.3, 0.4) is 0 Å². The number of nitrogens with one attached hydrogen (secondary N) is 1. The van der Waals surface area contributed by atoms with Gasteiger partial charge in [-0.3, -0.25) is 14.9 Å². The highest BCUT2D eigenvalue weighted by Crippen LogP contribution is 2.14. The summed E-state index contributed by atoms with van der Waals surface area (Å²) in [7, 11) is 0. The summed E-state index contributed by atoms with van der Waals surface area (Å²) in [6.07, 6.45) is 2.71. The molecule has 0 saturated carbocycles. The molecule has 23 heavy (non-hydrogen) atoms. The summed E-state index contributed by atoms with van der Waals surface area (Å²) in [6, 6.07) is 0. The standard InChI is InChI=1S/C15H24N4O4/c20-15(21)14-12(8-16-17-14)9-19-2-1-5-23-13(11-19)10-18-3-6-22-7-4-18/h8,13H,1-7,9-11H2,(H,16,17)(H,20,21)/t13-/m1/s1. The minimum Gasteiger partial charge on any atom is -0.477 e. The zero-order chi connectivity index (χ0) is 16.1. The van der Waals surface area contributed by atoms with Crippen LogP contribution in [-0.2, 0) is 16.0 Å². The van der Waals surface area contributed by atoms with Crippen LogP contribution in [0, 0.1) is 0 Å². The zero-order valence-electron chi connectivity index (χ0n) is 13.2. The number of ether oxygens (including phenoxy) is 2. The Balaban J connectivity index is 1.58. The molecule has 0 aromatic carbocycles. The van der Waals surface area contributed by atoms with Crippen LogP contribution in [-0.4, -0.2) is 89.7 Å². The van der Waals surface area contributed by atoms with Gasteiger partial charge in [0, 0.05) is 51.4 Å². The third kappa shape index (κ3) is 4.51. The molecule has 2 fully saturated rings. The Kier molecular flexibility index (Phi) is 5.60. The molecule has 0 amide bonds. The third-order valence-corrected chi connectivity index (χ3v) is 4.33. The molecule has 1 aromatic rings. The fourth-order valence-corrected chi connectivity index (χ4v) is 3.15. The highest BCUT2D eigenvalue weighted by molar-refractivity contribution is 5.86. The van der Waals surface area contributed by atoms with E-state index in [0.717, 1.165) is 64.5 Å². The molecular formula is C15H24N4O4. The number of rotatable bonds is 5. The van der Waals surface area contributed by atoms with E-state index in [1.165, 1.54) is 0 Å². The molecule has 0 aliphatic carbocycles.